The normalized spacial score (nSPS) is 26.5. The van der Waals surface area contributed by atoms with Gasteiger partial charge in [-0.3, -0.25) is 9.59 Å². The summed E-state index contributed by atoms with van der Waals surface area (Å²) in [6.45, 7) is 14.5. The van der Waals surface area contributed by atoms with Gasteiger partial charge in [0, 0.05) is 55.8 Å². The summed E-state index contributed by atoms with van der Waals surface area (Å²) in [6, 6.07) is 3.86. The molecule has 254 valence electrons. The highest BCUT2D eigenvalue weighted by molar-refractivity contribution is 5.97. The molecular formula is C35H49FN8O3. The maximum Gasteiger partial charge on any atom is 0.282 e. The largest absolute Gasteiger partial charge is 0.434 e. The number of nitrogens with zero attached hydrogens (tertiary/aromatic N) is 6. The van der Waals surface area contributed by atoms with Gasteiger partial charge in [-0.05, 0) is 110 Å². The van der Waals surface area contributed by atoms with E-state index in [0.29, 0.717) is 11.7 Å². The number of hydrogen-bond donors (Lipinski definition) is 2. The first-order valence-electron chi connectivity index (χ1n) is 17.5. The fourth-order valence-corrected chi connectivity index (χ4v) is 8.99. The Morgan fingerprint density at radius 2 is 1.79 bits per heavy atom. The number of likely N-dealkylation sites (tertiary alicyclic amines) is 1. The van der Waals surface area contributed by atoms with Crippen LogP contribution in [0.25, 0.3) is 0 Å². The summed E-state index contributed by atoms with van der Waals surface area (Å²) in [4.78, 5) is 37.3. The number of carbonyl (C=O) groups is 2. The number of anilines is 1. The van der Waals surface area contributed by atoms with Crippen molar-refractivity contribution in [2.45, 2.75) is 90.3 Å². The molecule has 4 aliphatic heterocycles. The monoisotopic (exact) mass is 648 g/mol. The Kier molecular flexibility index (Phi) is 8.39. The van der Waals surface area contributed by atoms with E-state index in [2.05, 4.69) is 35.6 Å². The highest BCUT2D eigenvalue weighted by Gasteiger charge is 2.57. The van der Waals surface area contributed by atoms with Crippen LogP contribution in [0.15, 0.2) is 24.5 Å². The molecule has 11 nitrogen and oxygen atoms in total. The van der Waals surface area contributed by atoms with E-state index in [-0.39, 0.29) is 57.5 Å². The third kappa shape index (κ3) is 6.07. The van der Waals surface area contributed by atoms with E-state index in [1.54, 1.807) is 4.90 Å². The van der Waals surface area contributed by atoms with E-state index in [0.717, 1.165) is 77.9 Å². The molecule has 0 unspecified atom stereocenters. The molecule has 3 spiro atoms. The van der Waals surface area contributed by atoms with Gasteiger partial charge in [0.05, 0.1) is 11.0 Å². The van der Waals surface area contributed by atoms with E-state index >= 15 is 0 Å². The zero-order chi connectivity index (χ0) is 33.0. The second kappa shape index (κ2) is 12.3. The van der Waals surface area contributed by atoms with Crippen LogP contribution in [-0.2, 0) is 4.79 Å². The molecular weight excluding hydrogens is 599 g/mol. The number of nitrogens with one attached hydrogen (secondary N) is 2. The third-order valence-corrected chi connectivity index (χ3v) is 11.6. The SMILES string of the molecule is CC(C)N(C(=O)c1cc(F)ccc1Oc1nncnc1N1CC2(CCN(CC3CCC4(CC3)CC3(CNC3)C(=O)N4)CC2)C1)C(C)C. The Hall–Kier alpha value is -3.38. The fourth-order valence-electron chi connectivity index (χ4n) is 8.99. The highest BCUT2D eigenvalue weighted by Crippen LogP contribution is 2.48. The number of rotatable bonds is 8. The zero-order valence-electron chi connectivity index (χ0n) is 28.2. The molecule has 47 heavy (non-hydrogen) atoms. The van der Waals surface area contributed by atoms with Crippen molar-refractivity contribution in [3.05, 3.63) is 35.9 Å². The Morgan fingerprint density at radius 3 is 2.40 bits per heavy atom. The van der Waals surface area contributed by atoms with Gasteiger partial charge in [-0.15, -0.1) is 10.2 Å². The smallest absolute Gasteiger partial charge is 0.282 e. The van der Waals surface area contributed by atoms with Crippen LogP contribution < -0.4 is 20.3 Å². The lowest BCUT2D eigenvalue weighted by atomic mass is 9.69. The van der Waals surface area contributed by atoms with Gasteiger partial charge >= 0.3 is 0 Å². The van der Waals surface area contributed by atoms with E-state index < -0.39 is 5.82 Å². The Bertz CT molecular complexity index is 1480. The van der Waals surface area contributed by atoms with Crippen LogP contribution in [0.5, 0.6) is 11.6 Å². The predicted molar refractivity (Wildman–Crippen MR) is 176 cm³/mol. The maximum atomic E-state index is 14.4. The van der Waals surface area contributed by atoms with Crippen molar-refractivity contribution in [1.82, 2.24) is 35.6 Å². The minimum atomic E-state index is -0.504. The maximum absolute atomic E-state index is 14.4. The Morgan fingerprint density at radius 1 is 1.09 bits per heavy atom. The minimum absolute atomic E-state index is 0.0335. The zero-order valence-corrected chi connectivity index (χ0v) is 28.2. The average Bonchev–Trinajstić information content (AvgIpc) is 3.30. The molecule has 1 aliphatic carbocycles. The fraction of sp³-hybridized carbons (Fsp3) is 0.686. The van der Waals surface area contributed by atoms with Crippen LogP contribution in [0.2, 0.25) is 0 Å². The van der Waals surface area contributed by atoms with Crippen LogP contribution in [0.1, 0.15) is 83.0 Å². The number of hydrogen-bond acceptors (Lipinski definition) is 9. The number of piperidine rings is 1. The molecule has 4 saturated heterocycles. The quantitative estimate of drug-likeness (QED) is 0.438. The lowest BCUT2D eigenvalue weighted by molar-refractivity contribution is -0.130. The van der Waals surface area contributed by atoms with Gasteiger partial charge in [0.25, 0.3) is 11.8 Å². The van der Waals surface area contributed by atoms with Crippen LogP contribution >= 0.6 is 0 Å². The summed E-state index contributed by atoms with van der Waals surface area (Å²) in [5.74, 6) is 1.22. The molecule has 7 rings (SSSR count). The first-order chi connectivity index (χ1) is 22.5. The van der Waals surface area contributed by atoms with Crippen molar-refractivity contribution < 1.29 is 18.7 Å². The van der Waals surface area contributed by atoms with E-state index in [9.17, 15) is 14.0 Å². The number of benzene rings is 1. The van der Waals surface area contributed by atoms with Gasteiger partial charge in [0.15, 0.2) is 5.82 Å². The van der Waals surface area contributed by atoms with Gasteiger partial charge in [-0.2, -0.15) is 0 Å². The number of ether oxygens (including phenoxy) is 1. The summed E-state index contributed by atoms with van der Waals surface area (Å²) in [5.41, 5.74) is 0.287. The van der Waals surface area contributed by atoms with Crippen molar-refractivity contribution in [2.24, 2.45) is 16.7 Å². The molecule has 0 bridgehead atoms. The summed E-state index contributed by atoms with van der Waals surface area (Å²) < 4.78 is 20.6. The molecule has 2 N–H and O–H groups in total. The molecule has 0 radical (unpaired) electrons. The summed E-state index contributed by atoms with van der Waals surface area (Å²) in [6.07, 6.45) is 9.30. The molecule has 1 aromatic carbocycles. The van der Waals surface area contributed by atoms with Gasteiger partial charge in [0.2, 0.25) is 5.91 Å². The molecule has 0 atom stereocenters. The van der Waals surface area contributed by atoms with E-state index in [1.807, 2.05) is 27.7 Å². The Labute approximate surface area is 277 Å². The Balaban J connectivity index is 0.937. The lowest BCUT2D eigenvalue weighted by Gasteiger charge is -2.54. The summed E-state index contributed by atoms with van der Waals surface area (Å²) in [5, 5.41) is 14.9. The van der Waals surface area contributed by atoms with Crippen molar-refractivity contribution in [2.75, 3.05) is 50.7 Å². The molecule has 5 heterocycles. The first kappa shape index (κ1) is 32.2. The third-order valence-electron chi connectivity index (χ3n) is 11.6. The lowest BCUT2D eigenvalue weighted by Crippen LogP contribution is -2.61. The molecule has 1 saturated carbocycles. The summed E-state index contributed by atoms with van der Waals surface area (Å²) >= 11 is 0. The van der Waals surface area contributed by atoms with Gasteiger partial charge < -0.3 is 30.1 Å². The van der Waals surface area contributed by atoms with E-state index in [1.165, 1.54) is 37.4 Å². The minimum Gasteiger partial charge on any atom is -0.434 e. The van der Waals surface area contributed by atoms with Crippen molar-refractivity contribution >= 4 is 17.6 Å². The molecule has 1 aromatic heterocycles. The van der Waals surface area contributed by atoms with Crippen molar-refractivity contribution in [3.8, 4) is 11.6 Å². The van der Waals surface area contributed by atoms with Gasteiger partial charge in [-0.25, -0.2) is 9.37 Å². The number of aromatic nitrogens is 3. The number of amides is 2. The van der Waals surface area contributed by atoms with Crippen LogP contribution in [0.3, 0.4) is 0 Å². The predicted octanol–water partition coefficient (Wildman–Crippen LogP) is 4.00. The first-order valence-corrected chi connectivity index (χ1v) is 17.5. The molecule has 12 heteroatoms. The topological polar surface area (TPSA) is 116 Å². The second-order valence-corrected chi connectivity index (χ2v) is 15.6. The number of carbonyl (C=O) groups excluding carboxylic acids is 2. The molecule has 5 fully saturated rings. The van der Waals surface area contributed by atoms with Crippen molar-refractivity contribution in [3.63, 3.8) is 0 Å². The van der Waals surface area contributed by atoms with Crippen molar-refractivity contribution in [1.29, 1.82) is 0 Å². The van der Waals surface area contributed by atoms with Crippen LogP contribution in [0, 0.1) is 22.6 Å². The van der Waals surface area contributed by atoms with Crippen LogP contribution in [-0.4, -0.2) is 100 Å². The van der Waals surface area contributed by atoms with Gasteiger partial charge in [-0.1, -0.05) is 0 Å². The molecule has 5 aliphatic rings. The average molecular weight is 649 g/mol. The molecule has 2 aromatic rings. The number of halogens is 1. The van der Waals surface area contributed by atoms with Gasteiger partial charge in [0.1, 0.15) is 17.9 Å². The summed E-state index contributed by atoms with van der Waals surface area (Å²) in [7, 11) is 0. The second-order valence-electron chi connectivity index (χ2n) is 15.6. The molecule has 2 amide bonds. The standard InChI is InChI=1S/C35H49FN8O3/c1-23(2)44(24(3)4)31(45)27-15-26(36)5-6-28(27)47-30-29(38-22-39-41-30)43-20-33(21-43)11-13-42(14-12-33)16-25-7-9-35(10-8-25)17-34(18-37-19-34)32(46)40-35/h5-6,15,22-25,37H,7-14,16-21H2,1-4H3,(H,40,46). The van der Waals surface area contributed by atoms with Crippen LogP contribution in [0.4, 0.5) is 10.2 Å². The van der Waals surface area contributed by atoms with E-state index in [4.69, 9.17) is 4.74 Å². The highest BCUT2D eigenvalue weighted by atomic mass is 19.1.